The van der Waals surface area contributed by atoms with Crippen LogP contribution in [-0.4, -0.2) is 61.7 Å². The summed E-state index contributed by atoms with van der Waals surface area (Å²) in [7, 11) is 1.73. The highest BCUT2D eigenvalue weighted by Gasteiger charge is 2.30. The highest BCUT2D eigenvalue weighted by molar-refractivity contribution is 6.33. The molecule has 0 unspecified atom stereocenters. The van der Waals surface area contributed by atoms with Crippen molar-refractivity contribution in [2.45, 2.75) is 6.18 Å². The van der Waals surface area contributed by atoms with E-state index in [-0.39, 0.29) is 5.91 Å². The van der Waals surface area contributed by atoms with Gasteiger partial charge in [-0.15, -0.1) is 0 Å². The highest BCUT2D eigenvalue weighted by atomic mass is 35.5. The normalized spacial score (nSPS) is 14.2. The van der Waals surface area contributed by atoms with E-state index in [4.69, 9.17) is 16.6 Å². The molecule has 0 saturated carbocycles. The Morgan fingerprint density at radius 3 is 2.30 bits per heavy atom. The predicted molar refractivity (Wildman–Crippen MR) is 132 cm³/mol. The van der Waals surface area contributed by atoms with Crippen molar-refractivity contribution in [1.29, 1.82) is 0 Å². The molecular formula is C25H21ClF3N7O. The molecule has 0 aliphatic carbocycles. The number of amides is 1. The summed E-state index contributed by atoms with van der Waals surface area (Å²) in [4.78, 5) is 30.0. The summed E-state index contributed by atoms with van der Waals surface area (Å²) in [5.74, 6) is 0.485. The van der Waals surface area contributed by atoms with E-state index in [0.29, 0.717) is 65.2 Å². The van der Waals surface area contributed by atoms with Gasteiger partial charge in [-0.1, -0.05) is 23.7 Å². The maximum absolute atomic E-state index is 13.1. The van der Waals surface area contributed by atoms with Gasteiger partial charge in [0.2, 0.25) is 0 Å². The molecule has 0 radical (unpaired) electrons. The first-order valence-corrected chi connectivity index (χ1v) is 11.8. The molecule has 1 amide bonds. The van der Waals surface area contributed by atoms with Gasteiger partial charge in [-0.3, -0.25) is 19.4 Å². The lowest BCUT2D eigenvalue weighted by atomic mass is 10.0. The molecule has 1 fully saturated rings. The summed E-state index contributed by atoms with van der Waals surface area (Å²) in [6.45, 7) is 2.03. The zero-order valence-electron chi connectivity index (χ0n) is 19.7. The highest BCUT2D eigenvalue weighted by Crippen LogP contribution is 2.36. The number of benzene rings is 1. The zero-order chi connectivity index (χ0) is 26.2. The van der Waals surface area contributed by atoms with Crippen LogP contribution >= 0.6 is 11.6 Å². The molecule has 4 aromatic rings. The van der Waals surface area contributed by atoms with E-state index in [2.05, 4.69) is 15.1 Å². The molecule has 1 saturated heterocycles. The van der Waals surface area contributed by atoms with Crippen LogP contribution in [0, 0.1) is 0 Å². The van der Waals surface area contributed by atoms with Crippen LogP contribution in [0.15, 0.2) is 61.2 Å². The third-order valence-electron chi connectivity index (χ3n) is 6.20. The first-order valence-electron chi connectivity index (χ1n) is 11.4. The summed E-state index contributed by atoms with van der Waals surface area (Å²) in [5, 5.41) is 4.40. The van der Waals surface area contributed by atoms with Crippen LogP contribution in [-0.2, 0) is 13.2 Å². The Morgan fingerprint density at radius 2 is 1.68 bits per heavy atom. The molecule has 1 aliphatic rings. The molecular weight excluding hydrogens is 507 g/mol. The van der Waals surface area contributed by atoms with E-state index < -0.39 is 11.7 Å². The van der Waals surface area contributed by atoms with Crippen LogP contribution in [0.25, 0.3) is 22.5 Å². The first kappa shape index (κ1) is 24.7. The Morgan fingerprint density at radius 1 is 0.946 bits per heavy atom. The second-order valence-electron chi connectivity index (χ2n) is 8.48. The monoisotopic (exact) mass is 527 g/mol. The lowest BCUT2D eigenvalue weighted by Gasteiger charge is -2.35. The van der Waals surface area contributed by atoms with E-state index >= 15 is 0 Å². The fourth-order valence-corrected chi connectivity index (χ4v) is 4.41. The second kappa shape index (κ2) is 9.81. The zero-order valence-corrected chi connectivity index (χ0v) is 20.4. The van der Waals surface area contributed by atoms with Crippen molar-refractivity contribution in [3.05, 3.63) is 77.5 Å². The Kier molecular flexibility index (Phi) is 6.55. The summed E-state index contributed by atoms with van der Waals surface area (Å²) in [6, 6.07) is 8.14. The van der Waals surface area contributed by atoms with Gasteiger partial charge in [-0.05, 0) is 24.3 Å². The number of halogens is 4. The third kappa shape index (κ3) is 4.99. The SMILES string of the molecule is Cn1nccc1C(=O)N1CCN(c2cnc(-c3ccc(C(F)(F)F)cc3)c(-c3ccncc3Cl)n2)CC1. The van der Waals surface area contributed by atoms with Gasteiger partial charge in [0.1, 0.15) is 17.2 Å². The number of hydrogen-bond donors (Lipinski definition) is 0. The number of aryl methyl sites for hydroxylation is 1. The summed E-state index contributed by atoms with van der Waals surface area (Å²) in [6.07, 6.45) is 1.78. The van der Waals surface area contributed by atoms with Crippen LogP contribution in [0.5, 0.6) is 0 Å². The quantitative estimate of drug-likeness (QED) is 0.387. The second-order valence-corrected chi connectivity index (χ2v) is 8.88. The number of rotatable bonds is 4. The van der Waals surface area contributed by atoms with Gasteiger partial charge in [0.15, 0.2) is 0 Å². The summed E-state index contributed by atoms with van der Waals surface area (Å²) < 4.78 is 40.8. The summed E-state index contributed by atoms with van der Waals surface area (Å²) >= 11 is 6.41. The molecule has 0 spiro atoms. The van der Waals surface area contributed by atoms with E-state index in [1.807, 2.05) is 4.90 Å². The van der Waals surface area contributed by atoms with Crippen molar-refractivity contribution in [3.8, 4) is 22.5 Å². The van der Waals surface area contributed by atoms with Gasteiger partial charge in [0.25, 0.3) is 5.91 Å². The average Bonchev–Trinajstić information content (AvgIpc) is 3.33. The summed E-state index contributed by atoms with van der Waals surface area (Å²) in [5.41, 5.74) is 1.63. The lowest BCUT2D eigenvalue weighted by Crippen LogP contribution is -2.49. The van der Waals surface area contributed by atoms with Crippen LogP contribution in [0.2, 0.25) is 5.02 Å². The van der Waals surface area contributed by atoms with Crippen LogP contribution < -0.4 is 4.90 Å². The standard InChI is InChI=1S/C25H21ClF3N7O/c1-34-20(7-9-32-34)24(37)36-12-10-35(11-13-36)21-15-31-22(16-2-4-17(5-3-16)25(27,28)29)23(33-21)18-6-8-30-14-19(18)26/h2-9,14-15H,10-13H2,1H3. The lowest BCUT2D eigenvalue weighted by molar-refractivity contribution is -0.137. The topological polar surface area (TPSA) is 80.0 Å². The van der Waals surface area contributed by atoms with Gasteiger partial charge in [-0.25, -0.2) is 4.98 Å². The van der Waals surface area contributed by atoms with Gasteiger partial charge in [-0.2, -0.15) is 18.3 Å². The average molecular weight is 528 g/mol. The Bertz CT molecular complexity index is 1430. The largest absolute Gasteiger partial charge is 0.416 e. The molecule has 12 heteroatoms. The van der Waals surface area contributed by atoms with Crippen molar-refractivity contribution in [1.82, 2.24) is 29.6 Å². The maximum atomic E-state index is 13.1. The number of carbonyl (C=O) groups excluding carboxylic acids is 1. The fraction of sp³-hybridized carbons (Fsp3) is 0.240. The van der Waals surface area contributed by atoms with Crippen LogP contribution in [0.3, 0.4) is 0 Å². The molecule has 0 N–H and O–H groups in total. The third-order valence-corrected chi connectivity index (χ3v) is 6.51. The molecule has 37 heavy (non-hydrogen) atoms. The molecule has 5 rings (SSSR count). The number of carbonyl (C=O) groups is 1. The fourth-order valence-electron chi connectivity index (χ4n) is 4.20. The van der Waals surface area contributed by atoms with Crippen molar-refractivity contribution in [3.63, 3.8) is 0 Å². The number of aromatic nitrogens is 5. The van der Waals surface area contributed by atoms with Crippen molar-refractivity contribution in [2.75, 3.05) is 31.1 Å². The van der Waals surface area contributed by atoms with Crippen molar-refractivity contribution < 1.29 is 18.0 Å². The number of hydrogen-bond acceptors (Lipinski definition) is 6. The van der Waals surface area contributed by atoms with Gasteiger partial charge in [0, 0.05) is 62.9 Å². The molecule has 0 bridgehead atoms. The minimum absolute atomic E-state index is 0.0901. The van der Waals surface area contributed by atoms with Crippen LogP contribution in [0.4, 0.5) is 19.0 Å². The maximum Gasteiger partial charge on any atom is 0.416 e. The molecule has 3 aromatic heterocycles. The molecule has 0 atom stereocenters. The molecule has 1 aromatic carbocycles. The Balaban J connectivity index is 1.44. The smallest absolute Gasteiger partial charge is 0.352 e. The van der Waals surface area contributed by atoms with Gasteiger partial charge in [0.05, 0.1) is 22.5 Å². The minimum atomic E-state index is -4.44. The van der Waals surface area contributed by atoms with Gasteiger partial charge < -0.3 is 9.80 Å². The predicted octanol–water partition coefficient (Wildman–Crippen LogP) is 4.57. The first-order chi connectivity index (χ1) is 17.7. The van der Waals surface area contributed by atoms with E-state index in [1.54, 1.807) is 47.4 Å². The number of pyridine rings is 1. The van der Waals surface area contributed by atoms with Crippen LogP contribution in [0.1, 0.15) is 16.1 Å². The molecule has 8 nitrogen and oxygen atoms in total. The number of alkyl halides is 3. The van der Waals surface area contributed by atoms with E-state index in [9.17, 15) is 18.0 Å². The van der Waals surface area contributed by atoms with Crippen molar-refractivity contribution >= 4 is 23.3 Å². The Labute approximate surface area is 215 Å². The minimum Gasteiger partial charge on any atom is -0.352 e. The van der Waals surface area contributed by atoms with E-state index in [1.165, 1.54) is 18.3 Å². The molecule has 190 valence electrons. The van der Waals surface area contributed by atoms with Gasteiger partial charge >= 0.3 is 6.18 Å². The Hall–Kier alpha value is -3.99. The van der Waals surface area contributed by atoms with E-state index in [0.717, 1.165) is 12.1 Å². The number of piperazine rings is 1. The van der Waals surface area contributed by atoms with Crippen molar-refractivity contribution in [2.24, 2.45) is 7.05 Å². The number of anilines is 1. The molecule has 1 aliphatic heterocycles. The number of nitrogens with zero attached hydrogens (tertiary/aromatic N) is 7. The molecule has 4 heterocycles.